The van der Waals surface area contributed by atoms with E-state index in [0.717, 1.165) is 28.6 Å². The lowest BCUT2D eigenvalue weighted by atomic mass is 10.1. The molecule has 1 amide bonds. The van der Waals surface area contributed by atoms with Crippen molar-refractivity contribution in [3.63, 3.8) is 0 Å². The molecule has 3 aromatic rings. The van der Waals surface area contributed by atoms with E-state index in [-0.39, 0.29) is 11.8 Å². The van der Waals surface area contributed by atoms with E-state index >= 15 is 0 Å². The van der Waals surface area contributed by atoms with Gasteiger partial charge in [-0.1, -0.05) is 25.1 Å². The fraction of sp³-hybridized carbons (Fsp3) is 0.250. The molecule has 4 rings (SSSR count). The van der Waals surface area contributed by atoms with Crippen molar-refractivity contribution in [1.82, 2.24) is 9.97 Å². The van der Waals surface area contributed by atoms with E-state index in [0.29, 0.717) is 11.0 Å². The Morgan fingerprint density at radius 2 is 2.24 bits per heavy atom. The number of H-pyrrole nitrogens is 1. The van der Waals surface area contributed by atoms with Gasteiger partial charge in [0.15, 0.2) is 5.13 Å². The zero-order chi connectivity index (χ0) is 14.4. The molecule has 106 valence electrons. The van der Waals surface area contributed by atoms with E-state index < -0.39 is 0 Å². The SMILES string of the molecule is CC1CC1C(=O)Nc1nc(-c2c[nH]c3ccccc23)cs1. The highest BCUT2D eigenvalue weighted by Gasteiger charge is 2.39. The van der Waals surface area contributed by atoms with E-state index in [2.05, 4.69) is 28.3 Å². The number of fused-ring (bicyclic) bond motifs is 1. The third-order valence-corrected chi connectivity index (χ3v) is 4.80. The Morgan fingerprint density at radius 3 is 3.05 bits per heavy atom. The van der Waals surface area contributed by atoms with Gasteiger partial charge in [-0.25, -0.2) is 4.98 Å². The van der Waals surface area contributed by atoms with Crippen molar-refractivity contribution in [2.75, 3.05) is 5.32 Å². The standard InChI is InChI=1S/C16H15N3OS/c1-9-6-11(9)15(20)19-16-18-14(8-21-16)12-7-17-13-5-3-2-4-10(12)13/h2-5,7-9,11,17H,6H2,1H3,(H,18,19,20). The van der Waals surface area contributed by atoms with Crippen LogP contribution in [0.3, 0.4) is 0 Å². The molecule has 1 aliphatic rings. The number of carbonyl (C=O) groups excluding carboxylic acids is 1. The van der Waals surface area contributed by atoms with Gasteiger partial charge in [-0.2, -0.15) is 0 Å². The summed E-state index contributed by atoms with van der Waals surface area (Å²) in [6.45, 7) is 2.10. The molecular weight excluding hydrogens is 282 g/mol. The van der Waals surface area contributed by atoms with Gasteiger partial charge in [0.2, 0.25) is 5.91 Å². The lowest BCUT2D eigenvalue weighted by Gasteiger charge is -1.99. The van der Waals surface area contributed by atoms with Crippen molar-refractivity contribution in [2.24, 2.45) is 11.8 Å². The van der Waals surface area contributed by atoms with E-state index in [4.69, 9.17) is 0 Å². The number of carbonyl (C=O) groups is 1. The van der Waals surface area contributed by atoms with Crippen LogP contribution >= 0.6 is 11.3 Å². The minimum absolute atomic E-state index is 0.0994. The molecular formula is C16H15N3OS. The molecule has 1 fully saturated rings. The number of thiazole rings is 1. The van der Waals surface area contributed by atoms with Gasteiger partial charge in [0.1, 0.15) is 0 Å². The molecule has 0 aliphatic heterocycles. The van der Waals surface area contributed by atoms with Gasteiger partial charge in [0.25, 0.3) is 0 Å². The van der Waals surface area contributed by atoms with Crippen LogP contribution in [0.25, 0.3) is 22.2 Å². The van der Waals surface area contributed by atoms with Crippen LogP contribution in [0.1, 0.15) is 13.3 Å². The minimum atomic E-state index is 0.0994. The maximum Gasteiger partial charge on any atom is 0.229 e. The van der Waals surface area contributed by atoms with Gasteiger partial charge in [-0.3, -0.25) is 4.79 Å². The Kier molecular flexibility index (Phi) is 2.82. The van der Waals surface area contributed by atoms with E-state index in [1.165, 1.54) is 11.3 Å². The maximum absolute atomic E-state index is 11.9. The topological polar surface area (TPSA) is 57.8 Å². The molecule has 5 heteroatoms. The van der Waals surface area contributed by atoms with Gasteiger partial charge in [-0.15, -0.1) is 11.3 Å². The molecule has 2 N–H and O–H groups in total. The van der Waals surface area contributed by atoms with Crippen LogP contribution in [-0.2, 0) is 4.79 Å². The summed E-state index contributed by atoms with van der Waals surface area (Å²) < 4.78 is 0. The van der Waals surface area contributed by atoms with Crippen molar-refractivity contribution >= 4 is 33.3 Å². The summed E-state index contributed by atoms with van der Waals surface area (Å²) in [4.78, 5) is 19.7. The van der Waals surface area contributed by atoms with Crippen molar-refractivity contribution in [3.8, 4) is 11.3 Å². The Bertz CT molecular complexity index is 820. The lowest BCUT2D eigenvalue weighted by Crippen LogP contribution is -2.14. The first-order chi connectivity index (χ1) is 10.2. The normalized spacial score (nSPS) is 20.6. The molecule has 0 bridgehead atoms. The number of nitrogens with zero attached hydrogens (tertiary/aromatic N) is 1. The summed E-state index contributed by atoms with van der Waals surface area (Å²) in [7, 11) is 0. The number of benzene rings is 1. The average molecular weight is 297 g/mol. The number of hydrogen-bond donors (Lipinski definition) is 2. The second kappa shape index (κ2) is 4.70. The third-order valence-electron chi connectivity index (χ3n) is 4.05. The summed E-state index contributed by atoms with van der Waals surface area (Å²) in [5, 5.41) is 6.74. The van der Waals surface area contributed by atoms with Crippen LogP contribution in [0.4, 0.5) is 5.13 Å². The Balaban J connectivity index is 1.60. The summed E-state index contributed by atoms with van der Waals surface area (Å²) in [5.74, 6) is 0.783. The second-order valence-electron chi connectivity index (χ2n) is 5.59. The molecule has 0 spiro atoms. The molecule has 4 nitrogen and oxygen atoms in total. The Hall–Kier alpha value is -2.14. The zero-order valence-corrected chi connectivity index (χ0v) is 12.4. The minimum Gasteiger partial charge on any atom is -0.360 e. The highest BCUT2D eigenvalue weighted by molar-refractivity contribution is 7.14. The molecule has 2 heterocycles. The molecule has 2 aromatic heterocycles. The number of aromatic amines is 1. The fourth-order valence-electron chi connectivity index (χ4n) is 2.62. The largest absolute Gasteiger partial charge is 0.360 e. The van der Waals surface area contributed by atoms with Crippen LogP contribution in [0.2, 0.25) is 0 Å². The summed E-state index contributed by atoms with van der Waals surface area (Å²) in [5.41, 5.74) is 3.07. The fourth-order valence-corrected chi connectivity index (χ4v) is 3.34. The average Bonchev–Trinajstić information content (AvgIpc) is 2.90. The summed E-state index contributed by atoms with van der Waals surface area (Å²) in [6, 6.07) is 8.14. The predicted molar refractivity (Wildman–Crippen MR) is 85.3 cm³/mol. The molecule has 1 saturated carbocycles. The van der Waals surface area contributed by atoms with E-state index in [1.54, 1.807) is 0 Å². The van der Waals surface area contributed by atoms with Crippen LogP contribution in [-0.4, -0.2) is 15.9 Å². The number of hydrogen-bond acceptors (Lipinski definition) is 3. The number of aromatic nitrogens is 2. The number of nitrogens with one attached hydrogen (secondary N) is 2. The molecule has 1 aliphatic carbocycles. The van der Waals surface area contributed by atoms with Gasteiger partial charge < -0.3 is 10.3 Å². The van der Waals surface area contributed by atoms with Gasteiger partial charge >= 0.3 is 0 Å². The van der Waals surface area contributed by atoms with Crippen molar-refractivity contribution in [1.29, 1.82) is 0 Å². The van der Waals surface area contributed by atoms with Gasteiger partial charge in [0, 0.05) is 34.0 Å². The highest BCUT2D eigenvalue weighted by atomic mass is 32.1. The molecule has 0 radical (unpaired) electrons. The number of anilines is 1. The van der Waals surface area contributed by atoms with Crippen molar-refractivity contribution < 1.29 is 4.79 Å². The van der Waals surface area contributed by atoms with Crippen molar-refractivity contribution in [2.45, 2.75) is 13.3 Å². The number of rotatable bonds is 3. The van der Waals surface area contributed by atoms with Gasteiger partial charge in [0.05, 0.1) is 5.69 Å². The van der Waals surface area contributed by atoms with Crippen molar-refractivity contribution in [3.05, 3.63) is 35.8 Å². The quantitative estimate of drug-likeness (QED) is 0.770. The number of amides is 1. The lowest BCUT2D eigenvalue weighted by molar-refractivity contribution is -0.117. The Labute approximate surface area is 126 Å². The zero-order valence-electron chi connectivity index (χ0n) is 11.6. The van der Waals surface area contributed by atoms with Crippen LogP contribution in [0.5, 0.6) is 0 Å². The monoisotopic (exact) mass is 297 g/mol. The molecule has 1 aromatic carbocycles. The maximum atomic E-state index is 11.9. The van der Waals surface area contributed by atoms with E-state index in [9.17, 15) is 4.79 Å². The first-order valence-corrected chi connectivity index (χ1v) is 7.93. The highest BCUT2D eigenvalue weighted by Crippen LogP contribution is 2.39. The second-order valence-corrected chi connectivity index (χ2v) is 6.45. The first-order valence-electron chi connectivity index (χ1n) is 7.05. The molecule has 2 atom stereocenters. The predicted octanol–water partition coefficient (Wildman–Crippen LogP) is 3.89. The molecule has 21 heavy (non-hydrogen) atoms. The summed E-state index contributed by atoms with van der Waals surface area (Å²) >= 11 is 1.47. The van der Waals surface area contributed by atoms with Crippen LogP contribution < -0.4 is 5.32 Å². The van der Waals surface area contributed by atoms with Gasteiger partial charge in [-0.05, 0) is 18.4 Å². The summed E-state index contributed by atoms with van der Waals surface area (Å²) in [6.07, 6.45) is 2.96. The molecule has 0 saturated heterocycles. The van der Waals surface area contributed by atoms with E-state index in [1.807, 2.05) is 29.8 Å². The first kappa shape index (κ1) is 12.6. The van der Waals surface area contributed by atoms with Crippen LogP contribution in [0, 0.1) is 11.8 Å². The smallest absolute Gasteiger partial charge is 0.229 e. The third kappa shape index (κ3) is 2.23. The molecule has 2 unspecified atom stereocenters. The Morgan fingerprint density at radius 1 is 1.43 bits per heavy atom. The van der Waals surface area contributed by atoms with Crippen LogP contribution in [0.15, 0.2) is 35.8 Å². The number of para-hydroxylation sites is 1.